The molecule has 1 saturated carbocycles. The summed E-state index contributed by atoms with van der Waals surface area (Å²) in [5.74, 6) is -2.88. The smallest absolute Gasteiger partial charge is 0.222 e. The highest BCUT2D eigenvalue weighted by molar-refractivity contribution is 5.84. The molecule has 0 radical (unpaired) electrons. The maximum absolute atomic E-state index is 14.4. The summed E-state index contributed by atoms with van der Waals surface area (Å²) in [5, 5.41) is 2.50. The molecule has 1 aliphatic rings. The molecule has 8 heteroatoms. The standard InChI is InChI=1S/C33H29F7O/c1-2-3-20-4-5-27-17-26(15-14-25(27)16-20)23-10-6-21(7-11-23)22-8-12-24(13-9-22)28-18-29(34)31(30(35)19-28)32(36,37)41-33(38,39)40/h4-5,8-9,12-19,21,23H,2-3,6-7,10-11H2,1H3. The Morgan fingerprint density at radius 1 is 0.659 bits per heavy atom. The molecule has 1 nitrogen and oxygen atoms in total. The Morgan fingerprint density at radius 3 is 1.78 bits per heavy atom. The van der Waals surface area contributed by atoms with Gasteiger partial charge >= 0.3 is 12.5 Å². The number of ether oxygens (including phenoxy) is 1. The first-order chi connectivity index (χ1) is 19.4. The van der Waals surface area contributed by atoms with Crippen molar-refractivity contribution in [3.63, 3.8) is 0 Å². The second-order valence-electron chi connectivity index (χ2n) is 10.7. The Kier molecular flexibility index (Phi) is 8.15. The van der Waals surface area contributed by atoms with Crippen LogP contribution in [-0.2, 0) is 17.3 Å². The number of hydrogen-bond donors (Lipinski definition) is 0. The van der Waals surface area contributed by atoms with Gasteiger partial charge in [-0.25, -0.2) is 13.5 Å². The lowest BCUT2D eigenvalue weighted by atomic mass is 9.76. The van der Waals surface area contributed by atoms with Gasteiger partial charge in [-0.15, -0.1) is 13.2 Å². The molecule has 0 heterocycles. The van der Waals surface area contributed by atoms with Crippen LogP contribution in [0.3, 0.4) is 0 Å². The van der Waals surface area contributed by atoms with Crippen LogP contribution in [0.2, 0.25) is 0 Å². The first kappa shape index (κ1) is 29.1. The van der Waals surface area contributed by atoms with E-state index in [9.17, 15) is 30.7 Å². The predicted octanol–water partition coefficient (Wildman–Crippen LogP) is 10.8. The lowest BCUT2D eigenvalue weighted by Crippen LogP contribution is -2.29. The third-order valence-electron chi connectivity index (χ3n) is 7.96. The van der Waals surface area contributed by atoms with Crippen LogP contribution in [0.4, 0.5) is 30.7 Å². The number of benzene rings is 4. The molecule has 1 fully saturated rings. The molecular weight excluding hydrogens is 545 g/mol. The summed E-state index contributed by atoms with van der Waals surface area (Å²) in [4.78, 5) is 0. The van der Waals surface area contributed by atoms with Crippen molar-refractivity contribution in [1.82, 2.24) is 0 Å². The largest absolute Gasteiger partial charge is 0.527 e. The Bertz CT molecular complexity index is 1490. The first-order valence-electron chi connectivity index (χ1n) is 13.7. The van der Waals surface area contributed by atoms with Crippen LogP contribution in [0.15, 0.2) is 72.8 Å². The molecule has 0 atom stereocenters. The van der Waals surface area contributed by atoms with Crippen molar-refractivity contribution in [2.75, 3.05) is 0 Å². The topological polar surface area (TPSA) is 9.23 Å². The van der Waals surface area contributed by atoms with Crippen LogP contribution in [0.5, 0.6) is 0 Å². The summed E-state index contributed by atoms with van der Waals surface area (Å²) in [7, 11) is 0. The molecular formula is C33H29F7O. The first-order valence-corrected chi connectivity index (χ1v) is 13.7. The molecule has 41 heavy (non-hydrogen) atoms. The van der Waals surface area contributed by atoms with Gasteiger partial charge in [0.2, 0.25) is 0 Å². The summed E-state index contributed by atoms with van der Waals surface area (Å²) < 4.78 is 95.9. The Hall–Kier alpha value is -3.39. The summed E-state index contributed by atoms with van der Waals surface area (Å²) in [6, 6.07) is 21.5. The molecule has 1 aliphatic carbocycles. The molecule has 4 aromatic carbocycles. The molecule has 5 rings (SSSR count). The third-order valence-corrected chi connectivity index (χ3v) is 7.96. The van der Waals surface area contributed by atoms with E-state index in [1.165, 1.54) is 21.9 Å². The van der Waals surface area contributed by atoms with Gasteiger partial charge in [-0.3, -0.25) is 0 Å². The Balaban J connectivity index is 1.25. The maximum atomic E-state index is 14.4. The maximum Gasteiger partial charge on any atom is 0.527 e. The number of hydrogen-bond acceptors (Lipinski definition) is 1. The second-order valence-corrected chi connectivity index (χ2v) is 10.7. The fourth-order valence-corrected chi connectivity index (χ4v) is 5.93. The number of halogens is 7. The molecule has 0 N–H and O–H groups in total. The molecule has 0 unspecified atom stereocenters. The van der Waals surface area contributed by atoms with Gasteiger partial charge in [0.1, 0.15) is 17.2 Å². The van der Waals surface area contributed by atoms with Crippen molar-refractivity contribution in [3.8, 4) is 11.1 Å². The molecule has 0 spiro atoms. The zero-order chi connectivity index (χ0) is 29.4. The van der Waals surface area contributed by atoms with Crippen LogP contribution in [-0.4, -0.2) is 6.36 Å². The minimum atomic E-state index is -5.77. The second kappa shape index (κ2) is 11.5. The van der Waals surface area contributed by atoms with Crippen molar-refractivity contribution in [2.24, 2.45) is 0 Å². The van der Waals surface area contributed by atoms with Gasteiger partial charge in [0.25, 0.3) is 0 Å². The van der Waals surface area contributed by atoms with Crippen molar-refractivity contribution in [1.29, 1.82) is 0 Å². The van der Waals surface area contributed by atoms with Crippen LogP contribution >= 0.6 is 0 Å². The molecule has 0 saturated heterocycles. The van der Waals surface area contributed by atoms with Crippen LogP contribution < -0.4 is 0 Å². The van der Waals surface area contributed by atoms with E-state index < -0.39 is 29.7 Å². The number of fused-ring (bicyclic) bond motifs is 1. The zero-order valence-corrected chi connectivity index (χ0v) is 22.4. The van der Waals surface area contributed by atoms with Gasteiger partial charge in [0.15, 0.2) is 0 Å². The molecule has 4 aromatic rings. The van der Waals surface area contributed by atoms with Crippen LogP contribution in [0, 0.1) is 11.6 Å². The van der Waals surface area contributed by atoms with Crippen molar-refractivity contribution < 1.29 is 35.5 Å². The van der Waals surface area contributed by atoms with Gasteiger partial charge in [0.05, 0.1) is 0 Å². The van der Waals surface area contributed by atoms with E-state index in [2.05, 4.69) is 48.1 Å². The molecule has 0 aliphatic heterocycles. The average molecular weight is 575 g/mol. The average Bonchev–Trinajstić information content (AvgIpc) is 2.91. The monoisotopic (exact) mass is 574 g/mol. The fraction of sp³-hybridized carbons (Fsp3) is 0.333. The molecule has 0 amide bonds. The molecule has 0 aromatic heterocycles. The van der Waals surface area contributed by atoms with Gasteiger partial charge in [-0.1, -0.05) is 74.0 Å². The van der Waals surface area contributed by atoms with Gasteiger partial charge in [-0.05, 0) is 94.7 Å². The van der Waals surface area contributed by atoms with E-state index in [0.29, 0.717) is 29.5 Å². The molecule has 0 bridgehead atoms. The quantitative estimate of drug-likeness (QED) is 0.200. The number of aryl methyl sites for hydroxylation is 1. The van der Waals surface area contributed by atoms with E-state index in [0.717, 1.165) is 44.1 Å². The van der Waals surface area contributed by atoms with E-state index in [1.807, 2.05) is 12.1 Å². The van der Waals surface area contributed by atoms with Crippen LogP contribution in [0.25, 0.3) is 21.9 Å². The minimum Gasteiger partial charge on any atom is -0.222 e. The zero-order valence-electron chi connectivity index (χ0n) is 22.4. The minimum absolute atomic E-state index is 0.0695. The number of alkyl halides is 5. The highest BCUT2D eigenvalue weighted by atomic mass is 19.4. The van der Waals surface area contributed by atoms with Gasteiger partial charge in [-0.2, -0.15) is 8.78 Å². The van der Waals surface area contributed by atoms with E-state index in [-0.39, 0.29) is 5.56 Å². The van der Waals surface area contributed by atoms with Crippen LogP contribution in [0.1, 0.15) is 73.1 Å². The SMILES string of the molecule is CCCc1ccc2cc(C3CCC(c4ccc(-c5cc(F)c(C(F)(F)OC(F)(F)F)c(F)c5)cc4)CC3)ccc2c1. The molecule has 216 valence electrons. The highest BCUT2D eigenvalue weighted by Crippen LogP contribution is 2.43. The van der Waals surface area contributed by atoms with E-state index in [4.69, 9.17) is 0 Å². The van der Waals surface area contributed by atoms with Crippen molar-refractivity contribution in [2.45, 2.75) is 69.8 Å². The van der Waals surface area contributed by atoms with E-state index in [1.54, 1.807) is 12.1 Å². The Morgan fingerprint density at radius 2 is 1.20 bits per heavy atom. The lowest BCUT2D eigenvalue weighted by Gasteiger charge is -2.29. The number of rotatable bonds is 7. The lowest BCUT2D eigenvalue weighted by molar-refractivity contribution is -0.432. The summed E-state index contributed by atoms with van der Waals surface area (Å²) >= 11 is 0. The third kappa shape index (κ3) is 6.58. The van der Waals surface area contributed by atoms with Gasteiger partial charge in [0, 0.05) is 0 Å². The summed E-state index contributed by atoms with van der Waals surface area (Å²) in [5.41, 5.74) is 1.96. The van der Waals surface area contributed by atoms with Crippen molar-refractivity contribution in [3.05, 3.63) is 107 Å². The highest BCUT2D eigenvalue weighted by Gasteiger charge is 2.49. The summed E-state index contributed by atoms with van der Waals surface area (Å²) in [6.45, 7) is 2.18. The summed E-state index contributed by atoms with van der Waals surface area (Å²) in [6.07, 6.45) is -4.79. The van der Waals surface area contributed by atoms with E-state index >= 15 is 0 Å². The fourth-order valence-electron chi connectivity index (χ4n) is 5.93. The normalized spacial score (nSPS) is 18.1. The van der Waals surface area contributed by atoms with Crippen molar-refractivity contribution >= 4 is 10.8 Å². The Labute approximate surface area is 234 Å². The van der Waals surface area contributed by atoms with Gasteiger partial charge < -0.3 is 0 Å². The predicted molar refractivity (Wildman–Crippen MR) is 145 cm³/mol.